The van der Waals surface area contributed by atoms with Crippen molar-refractivity contribution in [1.29, 1.82) is 0 Å². The fourth-order valence-electron chi connectivity index (χ4n) is 0.136. The van der Waals surface area contributed by atoms with Crippen molar-refractivity contribution < 1.29 is 15.3 Å². The smallest absolute Gasteiger partial charge is 0.105 e. The molecular weight excluding hydrogens is 108 g/mol. The van der Waals surface area contributed by atoms with Crippen LogP contribution >= 0.6 is 0 Å². The summed E-state index contributed by atoms with van der Waals surface area (Å²) in [6, 6.07) is 0. The van der Waals surface area contributed by atoms with Gasteiger partial charge in [0.25, 0.3) is 0 Å². The molecule has 0 aromatic heterocycles. The molecule has 0 bridgehead atoms. The highest BCUT2D eigenvalue weighted by Gasteiger charge is 1.61. The predicted molar refractivity (Wildman–Crippen MR) is 31.6 cm³/mol. The number of hydrogen-bond donors (Lipinski definition) is 2. The zero-order valence-electron chi connectivity index (χ0n) is 4.58. The van der Waals surface area contributed by atoms with Crippen LogP contribution in [0.25, 0.3) is 0 Å². The van der Waals surface area contributed by atoms with Gasteiger partial charge in [0.2, 0.25) is 0 Å². The lowest BCUT2D eigenvalue weighted by molar-refractivity contribution is -0.176. The summed E-state index contributed by atoms with van der Waals surface area (Å²) >= 11 is 0. The number of rotatable bonds is 3. The van der Waals surface area contributed by atoms with Crippen molar-refractivity contribution >= 4 is 0 Å². The maximum atomic E-state index is 6.00. The van der Waals surface area contributed by atoms with Gasteiger partial charge in [-0.05, 0) is 0 Å². The molecule has 3 heteroatoms. The molecule has 0 atom stereocenters. The van der Waals surface area contributed by atoms with E-state index in [1.807, 2.05) is 0 Å². The van der Waals surface area contributed by atoms with Gasteiger partial charge in [-0.2, -0.15) is 0 Å². The van der Waals surface area contributed by atoms with Gasteiger partial charge in [-0.3, -0.25) is 10.5 Å². The molecule has 0 spiro atoms. The summed E-state index contributed by atoms with van der Waals surface area (Å²) in [6.07, 6.45) is 3.06. The topological polar surface area (TPSA) is 49.7 Å². The third-order valence-electron chi connectivity index (χ3n) is 0.332. The molecular formula is C5H10O3. The zero-order chi connectivity index (χ0) is 6.83. The van der Waals surface area contributed by atoms with E-state index in [1.54, 1.807) is 6.08 Å². The predicted octanol–water partition coefficient (Wildman–Crippen LogP) is 1.35. The second kappa shape index (κ2) is 16.4. The average Bonchev–Trinajstić information content (AvgIpc) is 1.88. The third kappa shape index (κ3) is 19.0. The normalized spacial score (nSPS) is 5.75. The molecule has 0 aliphatic rings. The molecule has 0 saturated heterocycles. The number of ether oxygens (including phenoxy) is 1. The van der Waals surface area contributed by atoms with E-state index in [2.05, 4.69) is 17.9 Å². The van der Waals surface area contributed by atoms with Crippen LogP contribution in [0.3, 0.4) is 0 Å². The Morgan fingerprint density at radius 3 is 2.00 bits per heavy atom. The Labute approximate surface area is 48.5 Å². The van der Waals surface area contributed by atoms with Crippen molar-refractivity contribution in [1.82, 2.24) is 0 Å². The summed E-state index contributed by atoms with van der Waals surface area (Å²) in [5.74, 6) is 0. The summed E-state index contributed by atoms with van der Waals surface area (Å²) in [7, 11) is 0. The van der Waals surface area contributed by atoms with Crippen molar-refractivity contribution in [3.8, 4) is 0 Å². The van der Waals surface area contributed by atoms with Crippen molar-refractivity contribution in [3.63, 3.8) is 0 Å². The SMILES string of the molecule is C=CCOC=C.OO. The van der Waals surface area contributed by atoms with E-state index in [0.29, 0.717) is 6.61 Å². The Kier molecular flexibility index (Phi) is 20.9. The van der Waals surface area contributed by atoms with Gasteiger partial charge >= 0.3 is 0 Å². The summed E-state index contributed by atoms with van der Waals surface area (Å²) in [5, 5.41) is 12.0. The van der Waals surface area contributed by atoms with E-state index in [4.69, 9.17) is 10.5 Å². The minimum absolute atomic E-state index is 0.559. The molecule has 48 valence electrons. The molecule has 0 heterocycles. The molecule has 0 unspecified atom stereocenters. The highest BCUT2D eigenvalue weighted by atomic mass is 17.0. The lowest BCUT2D eigenvalue weighted by Gasteiger charge is -1.86. The van der Waals surface area contributed by atoms with Crippen LogP contribution in [0, 0.1) is 0 Å². The molecule has 0 saturated carbocycles. The molecule has 3 nitrogen and oxygen atoms in total. The van der Waals surface area contributed by atoms with Gasteiger partial charge < -0.3 is 4.74 Å². The molecule has 0 aromatic carbocycles. The molecule has 0 fully saturated rings. The molecule has 0 radical (unpaired) electrons. The van der Waals surface area contributed by atoms with Crippen LogP contribution in [-0.2, 0) is 4.74 Å². The molecule has 8 heavy (non-hydrogen) atoms. The summed E-state index contributed by atoms with van der Waals surface area (Å²) in [5.41, 5.74) is 0. The maximum absolute atomic E-state index is 6.00. The Morgan fingerprint density at radius 1 is 1.38 bits per heavy atom. The lowest BCUT2D eigenvalue weighted by atomic mass is 10.7. The lowest BCUT2D eigenvalue weighted by Crippen LogP contribution is -1.75. The summed E-state index contributed by atoms with van der Waals surface area (Å²) < 4.78 is 4.63. The Balaban J connectivity index is 0. The molecule has 2 N–H and O–H groups in total. The molecule has 0 aromatic rings. The first-order chi connectivity index (χ1) is 3.91. The van der Waals surface area contributed by atoms with Gasteiger partial charge in [-0.25, -0.2) is 0 Å². The Bertz CT molecular complexity index is 43.6. The van der Waals surface area contributed by atoms with Crippen molar-refractivity contribution in [2.24, 2.45) is 0 Å². The van der Waals surface area contributed by atoms with Crippen LogP contribution in [0.1, 0.15) is 0 Å². The molecule has 0 rings (SSSR count). The minimum atomic E-state index is 0.559. The van der Waals surface area contributed by atoms with Gasteiger partial charge in [0.15, 0.2) is 0 Å². The van der Waals surface area contributed by atoms with Gasteiger partial charge in [-0.15, -0.1) is 0 Å². The van der Waals surface area contributed by atoms with Crippen LogP contribution < -0.4 is 0 Å². The van der Waals surface area contributed by atoms with Crippen LogP contribution in [0.2, 0.25) is 0 Å². The van der Waals surface area contributed by atoms with Crippen LogP contribution in [0.15, 0.2) is 25.5 Å². The first kappa shape index (κ1) is 10.2. The monoisotopic (exact) mass is 118 g/mol. The van der Waals surface area contributed by atoms with Gasteiger partial charge in [0.1, 0.15) is 6.61 Å². The molecule has 0 aliphatic carbocycles. The van der Waals surface area contributed by atoms with E-state index in [9.17, 15) is 0 Å². The van der Waals surface area contributed by atoms with E-state index in [1.165, 1.54) is 6.26 Å². The van der Waals surface area contributed by atoms with Crippen molar-refractivity contribution in [2.75, 3.05) is 6.61 Å². The van der Waals surface area contributed by atoms with Crippen molar-refractivity contribution in [2.45, 2.75) is 0 Å². The first-order valence-corrected chi connectivity index (χ1v) is 1.95. The van der Waals surface area contributed by atoms with Gasteiger partial charge in [0.05, 0.1) is 6.26 Å². The van der Waals surface area contributed by atoms with Crippen LogP contribution in [0.5, 0.6) is 0 Å². The maximum Gasteiger partial charge on any atom is 0.105 e. The first-order valence-electron chi connectivity index (χ1n) is 1.95. The second-order valence-electron chi connectivity index (χ2n) is 0.789. The average molecular weight is 118 g/mol. The largest absolute Gasteiger partial charge is 0.498 e. The van der Waals surface area contributed by atoms with E-state index >= 15 is 0 Å². The quantitative estimate of drug-likeness (QED) is 0.193. The van der Waals surface area contributed by atoms with E-state index in [-0.39, 0.29) is 0 Å². The second-order valence-corrected chi connectivity index (χ2v) is 0.789. The highest BCUT2D eigenvalue weighted by Crippen LogP contribution is 1.69. The summed E-state index contributed by atoms with van der Waals surface area (Å²) in [4.78, 5) is 0. The minimum Gasteiger partial charge on any atom is -0.498 e. The zero-order valence-corrected chi connectivity index (χ0v) is 4.58. The van der Waals surface area contributed by atoms with Crippen molar-refractivity contribution in [3.05, 3.63) is 25.5 Å². The molecule has 0 amide bonds. The molecule has 0 aliphatic heterocycles. The van der Waals surface area contributed by atoms with Gasteiger partial charge in [0, 0.05) is 0 Å². The fourth-order valence-corrected chi connectivity index (χ4v) is 0.136. The standard InChI is InChI=1S/C5H8O.H2O2/c1-3-5-6-4-2;1-2/h3-4H,1-2,5H2;1-2H. The van der Waals surface area contributed by atoms with Crippen LogP contribution in [0.4, 0.5) is 0 Å². The van der Waals surface area contributed by atoms with Gasteiger partial charge in [-0.1, -0.05) is 19.2 Å². The highest BCUT2D eigenvalue weighted by molar-refractivity contribution is 4.65. The number of hydrogen-bond acceptors (Lipinski definition) is 3. The van der Waals surface area contributed by atoms with E-state index < -0.39 is 0 Å². The van der Waals surface area contributed by atoms with E-state index in [0.717, 1.165) is 0 Å². The summed E-state index contributed by atoms with van der Waals surface area (Å²) in [6.45, 7) is 7.31. The van der Waals surface area contributed by atoms with Crippen LogP contribution in [-0.4, -0.2) is 17.1 Å². The fraction of sp³-hybridized carbons (Fsp3) is 0.200. The Hall–Kier alpha value is -0.800. The third-order valence-corrected chi connectivity index (χ3v) is 0.332. The Morgan fingerprint density at radius 2 is 1.88 bits per heavy atom.